The van der Waals surface area contributed by atoms with Crippen LogP contribution in [0.4, 0.5) is 0 Å². The summed E-state index contributed by atoms with van der Waals surface area (Å²) in [6.07, 6.45) is 5.54. The Balaban J connectivity index is 1.85. The number of amides is 1. The molecule has 1 aliphatic carbocycles. The summed E-state index contributed by atoms with van der Waals surface area (Å²) in [7, 11) is 0. The van der Waals surface area contributed by atoms with Gasteiger partial charge >= 0.3 is 5.97 Å². The van der Waals surface area contributed by atoms with Gasteiger partial charge in [0.25, 0.3) is 5.91 Å². The molecule has 0 bridgehead atoms. The summed E-state index contributed by atoms with van der Waals surface area (Å²) in [5, 5.41) is 19.0. The van der Waals surface area contributed by atoms with E-state index < -0.39 is 5.97 Å². The number of hydrogen-bond acceptors (Lipinski definition) is 4. The quantitative estimate of drug-likeness (QED) is 0.828. The third-order valence-corrected chi connectivity index (χ3v) is 3.26. The molecule has 0 atom stereocenters. The number of aromatic nitrogens is 2. The maximum absolute atomic E-state index is 11.8. The second kappa shape index (κ2) is 5.57. The van der Waals surface area contributed by atoms with Gasteiger partial charge in [-0.1, -0.05) is 0 Å². The Hall–Kier alpha value is -1.98. The number of carboxylic acids is 1. The minimum absolute atomic E-state index is 0.0567. The van der Waals surface area contributed by atoms with Crippen LogP contribution in [0, 0.1) is 5.92 Å². The first-order valence-corrected chi connectivity index (χ1v) is 5.97. The van der Waals surface area contributed by atoms with Crippen molar-refractivity contribution in [1.29, 1.82) is 0 Å². The standard InChI is InChI=1S/C12H15N3O3/c16-11(9-5-6-13-14-7-9)15-10-3-1-8(2-4-10)12(17)18/h5-8,10H,1-4H2,(H,15,16)(H,17,18). The highest BCUT2D eigenvalue weighted by Crippen LogP contribution is 2.24. The van der Waals surface area contributed by atoms with Gasteiger partial charge in [0.05, 0.1) is 23.9 Å². The van der Waals surface area contributed by atoms with Gasteiger partial charge in [-0.15, -0.1) is 0 Å². The van der Waals surface area contributed by atoms with Crippen molar-refractivity contribution in [2.75, 3.05) is 0 Å². The Morgan fingerprint density at radius 2 is 1.94 bits per heavy atom. The molecule has 1 heterocycles. The summed E-state index contributed by atoms with van der Waals surface area (Å²) in [6, 6.07) is 1.66. The fourth-order valence-corrected chi connectivity index (χ4v) is 2.18. The number of rotatable bonds is 3. The lowest BCUT2D eigenvalue weighted by molar-refractivity contribution is -0.142. The van der Waals surface area contributed by atoms with Crippen molar-refractivity contribution in [1.82, 2.24) is 15.5 Å². The molecule has 2 rings (SSSR count). The third-order valence-electron chi connectivity index (χ3n) is 3.26. The van der Waals surface area contributed by atoms with E-state index in [1.54, 1.807) is 6.07 Å². The number of nitrogens with zero attached hydrogens (tertiary/aromatic N) is 2. The van der Waals surface area contributed by atoms with Crippen LogP contribution in [-0.2, 0) is 4.79 Å². The van der Waals surface area contributed by atoms with Crippen LogP contribution in [0.5, 0.6) is 0 Å². The molecule has 1 amide bonds. The average molecular weight is 249 g/mol. The summed E-state index contributed by atoms with van der Waals surface area (Å²) >= 11 is 0. The lowest BCUT2D eigenvalue weighted by atomic mass is 9.86. The molecule has 1 aromatic heterocycles. The lowest BCUT2D eigenvalue weighted by Crippen LogP contribution is -2.38. The molecule has 0 saturated heterocycles. The number of aliphatic carboxylic acids is 1. The number of carboxylic acid groups (broad SMARTS) is 1. The van der Waals surface area contributed by atoms with Crippen molar-refractivity contribution in [3.05, 3.63) is 24.0 Å². The maximum atomic E-state index is 11.8. The van der Waals surface area contributed by atoms with E-state index in [2.05, 4.69) is 15.5 Å². The van der Waals surface area contributed by atoms with Gasteiger partial charge in [0, 0.05) is 6.04 Å². The van der Waals surface area contributed by atoms with Gasteiger partial charge in [0.1, 0.15) is 0 Å². The molecule has 1 fully saturated rings. The smallest absolute Gasteiger partial charge is 0.306 e. The molecule has 6 nitrogen and oxygen atoms in total. The van der Waals surface area contributed by atoms with Crippen molar-refractivity contribution >= 4 is 11.9 Å². The van der Waals surface area contributed by atoms with Gasteiger partial charge in [-0.3, -0.25) is 9.59 Å². The highest BCUT2D eigenvalue weighted by molar-refractivity contribution is 5.93. The van der Waals surface area contributed by atoms with Gasteiger partial charge in [-0.05, 0) is 31.7 Å². The Morgan fingerprint density at radius 3 is 2.50 bits per heavy atom. The molecule has 1 aliphatic rings. The Morgan fingerprint density at radius 1 is 1.22 bits per heavy atom. The molecule has 1 aromatic rings. The average Bonchev–Trinajstić information content (AvgIpc) is 2.40. The van der Waals surface area contributed by atoms with Crippen molar-refractivity contribution < 1.29 is 14.7 Å². The highest BCUT2D eigenvalue weighted by Gasteiger charge is 2.26. The zero-order chi connectivity index (χ0) is 13.0. The van der Waals surface area contributed by atoms with Crippen LogP contribution < -0.4 is 5.32 Å². The molecule has 0 aromatic carbocycles. The van der Waals surface area contributed by atoms with Gasteiger partial charge in [-0.25, -0.2) is 0 Å². The Bertz CT molecular complexity index is 427. The highest BCUT2D eigenvalue weighted by atomic mass is 16.4. The van der Waals surface area contributed by atoms with Gasteiger partial charge in [-0.2, -0.15) is 10.2 Å². The van der Waals surface area contributed by atoms with Gasteiger partial charge in [0.2, 0.25) is 0 Å². The minimum atomic E-state index is -0.738. The molecule has 6 heteroatoms. The molecule has 0 radical (unpaired) electrons. The summed E-state index contributed by atoms with van der Waals surface area (Å²) in [4.78, 5) is 22.6. The van der Waals surface area contributed by atoms with E-state index >= 15 is 0 Å². The van der Waals surface area contributed by atoms with Crippen LogP contribution >= 0.6 is 0 Å². The SMILES string of the molecule is O=C(NC1CCC(C(=O)O)CC1)c1ccnnc1. The van der Waals surface area contributed by atoms with Crippen molar-refractivity contribution in [2.45, 2.75) is 31.7 Å². The van der Waals surface area contributed by atoms with Crippen LogP contribution in [0.15, 0.2) is 18.5 Å². The lowest BCUT2D eigenvalue weighted by Gasteiger charge is -2.26. The van der Waals surface area contributed by atoms with Crippen LogP contribution in [0.3, 0.4) is 0 Å². The van der Waals surface area contributed by atoms with Crippen molar-refractivity contribution in [3.63, 3.8) is 0 Å². The summed E-state index contributed by atoms with van der Waals surface area (Å²) in [6.45, 7) is 0. The molecule has 18 heavy (non-hydrogen) atoms. The second-order valence-corrected chi connectivity index (χ2v) is 4.49. The number of carbonyl (C=O) groups is 2. The summed E-state index contributed by atoms with van der Waals surface area (Å²) in [5.41, 5.74) is 0.477. The van der Waals surface area contributed by atoms with Crippen molar-refractivity contribution in [3.8, 4) is 0 Å². The number of carbonyl (C=O) groups excluding carboxylic acids is 1. The van der Waals surface area contributed by atoms with E-state index in [-0.39, 0.29) is 17.9 Å². The molecular formula is C12H15N3O3. The Labute approximate surface area is 104 Å². The predicted molar refractivity (Wildman–Crippen MR) is 62.9 cm³/mol. The van der Waals surface area contributed by atoms with Crippen LogP contribution in [0.25, 0.3) is 0 Å². The largest absolute Gasteiger partial charge is 0.481 e. The van der Waals surface area contributed by atoms with E-state index in [0.717, 1.165) is 0 Å². The minimum Gasteiger partial charge on any atom is -0.481 e. The van der Waals surface area contributed by atoms with E-state index in [1.165, 1.54) is 12.4 Å². The first-order valence-electron chi connectivity index (χ1n) is 5.97. The van der Waals surface area contributed by atoms with E-state index in [9.17, 15) is 9.59 Å². The van der Waals surface area contributed by atoms with Crippen LogP contribution in [-0.4, -0.2) is 33.2 Å². The monoisotopic (exact) mass is 249 g/mol. The number of hydrogen-bond donors (Lipinski definition) is 2. The number of nitrogens with one attached hydrogen (secondary N) is 1. The molecule has 0 aliphatic heterocycles. The zero-order valence-electron chi connectivity index (χ0n) is 9.87. The maximum Gasteiger partial charge on any atom is 0.306 e. The summed E-state index contributed by atoms with van der Waals surface area (Å²) in [5.74, 6) is -1.18. The van der Waals surface area contributed by atoms with E-state index in [1.807, 2.05) is 0 Å². The van der Waals surface area contributed by atoms with Crippen LogP contribution in [0.2, 0.25) is 0 Å². The normalized spacial score (nSPS) is 23.3. The Kier molecular flexibility index (Phi) is 3.86. The second-order valence-electron chi connectivity index (χ2n) is 4.49. The topological polar surface area (TPSA) is 92.2 Å². The van der Waals surface area contributed by atoms with E-state index in [0.29, 0.717) is 31.2 Å². The van der Waals surface area contributed by atoms with E-state index in [4.69, 9.17) is 5.11 Å². The molecule has 1 saturated carbocycles. The third kappa shape index (κ3) is 3.03. The fraction of sp³-hybridized carbons (Fsp3) is 0.500. The molecule has 0 unspecified atom stereocenters. The molecule has 2 N–H and O–H groups in total. The van der Waals surface area contributed by atoms with Gasteiger partial charge in [0.15, 0.2) is 0 Å². The van der Waals surface area contributed by atoms with Crippen molar-refractivity contribution in [2.24, 2.45) is 5.92 Å². The fourth-order valence-electron chi connectivity index (χ4n) is 2.18. The van der Waals surface area contributed by atoms with Gasteiger partial charge < -0.3 is 10.4 Å². The zero-order valence-corrected chi connectivity index (χ0v) is 9.87. The first kappa shape index (κ1) is 12.5. The molecule has 96 valence electrons. The van der Waals surface area contributed by atoms with Crippen LogP contribution in [0.1, 0.15) is 36.0 Å². The predicted octanol–water partition coefficient (Wildman–Crippen LogP) is 0.850. The molecular weight excluding hydrogens is 234 g/mol. The summed E-state index contributed by atoms with van der Waals surface area (Å²) < 4.78 is 0. The molecule has 0 spiro atoms. The first-order chi connectivity index (χ1) is 8.66.